The largest absolute Gasteiger partial charge is 0.481 e. The Morgan fingerprint density at radius 3 is 2.71 bits per heavy atom. The summed E-state index contributed by atoms with van der Waals surface area (Å²) in [6.45, 7) is 1.83. The Morgan fingerprint density at radius 1 is 1.43 bits per heavy atom. The van der Waals surface area contributed by atoms with Crippen LogP contribution in [0.5, 0.6) is 5.75 Å². The van der Waals surface area contributed by atoms with E-state index in [4.69, 9.17) is 4.74 Å². The fourth-order valence-electron chi connectivity index (χ4n) is 1.53. The summed E-state index contributed by atoms with van der Waals surface area (Å²) < 4.78 is 19.2. The molecule has 1 heterocycles. The van der Waals surface area contributed by atoms with E-state index in [1.807, 2.05) is 13.2 Å². The van der Waals surface area contributed by atoms with Crippen molar-refractivity contribution in [1.29, 1.82) is 0 Å². The number of rotatable bonds is 6. The first-order valence-electron chi connectivity index (χ1n) is 6.23. The van der Waals surface area contributed by atoms with E-state index < -0.39 is 6.10 Å². The number of aromatic nitrogens is 2. The normalized spacial score (nSPS) is 12.0. The van der Waals surface area contributed by atoms with Gasteiger partial charge >= 0.3 is 0 Å². The molecule has 2 aromatic rings. The van der Waals surface area contributed by atoms with Crippen molar-refractivity contribution in [3.05, 3.63) is 30.1 Å². The zero-order chi connectivity index (χ0) is 15.2. The highest BCUT2D eigenvalue weighted by molar-refractivity contribution is 8.00. The predicted octanol–water partition coefficient (Wildman–Crippen LogP) is 3.20. The highest BCUT2D eigenvalue weighted by atomic mass is 32.2. The standard InChI is InChI=1S/C13H14FN3O2S2/c1-3-10(19-9-6-4-8(14)5-7-9)11(18)15-12-16-17-13(20-2)21-12/h4-7,10H,3H2,1-2H3,(H,15,16,18)/t10-/m1/s1. The Labute approximate surface area is 129 Å². The second-order valence-corrected chi connectivity index (χ2v) is 6.07. The van der Waals surface area contributed by atoms with E-state index in [1.54, 1.807) is 0 Å². The van der Waals surface area contributed by atoms with Crippen molar-refractivity contribution in [2.45, 2.75) is 23.8 Å². The maximum absolute atomic E-state index is 12.8. The Morgan fingerprint density at radius 2 is 2.14 bits per heavy atom. The Kier molecular flexibility index (Phi) is 5.51. The number of benzene rings is 1. The second kappa shape index (κ2) is 7.37. The molecule has 5 nitrogen and oxygen atoms in total. The number of nitrogens with zero attached hydrogens (tertiary/aromatic N) is 2. The van der Waals surface area contributed by atoms with Gasteiger partial charge in [0.2, 0.25) is 5.13 Å². The lowest BCUT2D eigenvalue weighted by atomic mass is 10.2. The first-order valence-corrected chi connectivity index (χ1v) is 8.27. The molecule has 2 rings (SSSR count). The molecule has 8 heteroatoms. The van der Waals surface area contributed by atoms with Gasteiger partial charge < -0.3 is 4.74 Å². The number of nitrogens with one attached hydrogen (secondary N) is 1. The van der Waals surface area contributed by atoms with Crippen molar-refractivity contribution in [3.63, 3.8) is 0 Å². The molecule has 0 radical (unpaired) electrons. The molecule has 0 aliphatic heterocycles. The molecule has 1 aromatic carbocycles. The molecule has 1 N–H and O–H groups in total. The monoisotopic (exact) mass is 327 g/mol. The van der Waals surface area contributed by atoms with Gasteiger partial charge in [0.1, 0.15) is 11.6 Å². The van der Waals surface area contributed by atoms with Crippen LogP contribution in [0.25, 0.3) is 0 Å². The van der Waals surface area contributed by atoms with E-state index in [2.05, 4.69) is 15.5 Å². The summed E-state index contributed by atoms with van der Waals surface area (Å²) in [4.78, 5) is 12.1. The smallest absolute Gasteiger partial charge is 0.267 e. The molecule has 1 amide bonds. The summed E-state index contributed by atoms with van der Waals surface area (Å²) >= 11 is 2.76. The topological polar surface area (TPSA) is 64.1 Å². The molecular weight excluding hydrogens is 313 g/mol. The van der Waals surface area contributed by atoms with Crippen LogP contribution in [0, 0.1) is 5.82 Å². The summed E-state index contributed by atoms with van der Waals surface area (Å²) in [5.41, 5.74) is 0. The van der Waals surface area contributed by atoms with Crippen LogP contribution in [0.15, 0.2) is 28.6 Å². The van der Waals surface area contributed by atoms with E-state index in [-0.39, 0.29) is 11.7 Å². The molecule has 0 spiro atoms. The predicted molar refractivity (Wildman–Crippen MR) is 81.4 cm³/mol. The molecule has 0 unspecified atom stereocenters. The number of ether oxygens (including phenoxy) is 1. The lowest BCUT2D eigenvalue weighted by Crippen LogP contribution is -2.32. The number of carbonyl (C=O) groups is 1. The third-order valence-electron chi connectivity index (χ3n) is 2.57. The molecule has 1 aromatic heterocycles. The van der Waals surface area contributed by atoms with Gasteiger partial charge in [-0.3, -0.25) is 10.1 Å². The second-order valence-electron chi connectivity index (χ2n) is 4.04. The molecule has 0 aliphatic carbocycles. The molecule has 0 bridgehead atoms. The van der Waals surface area contributed by atoms with Gasteiger partial charge in [0, 0.05) is 0 Å². The maximum atomic E-state index is 12.8. The van der Waals surface area contributed by atoms with Gasteiger partial charge in [0.25, 0.3) is 5.91 Å². The summed E-state index contributed by atoms with van der Waals surface area (Å²) in [5, 5.41) is 10.9. The van der Waals surface area contributed by atoms with Gasteiger partial charge in [0.05, 0.1) is 0 Å². The van der Waals surface area contributed by atoms with Crippen LogP contribution in [0.3, 0.4) is 0 Å². The fraction of sp³-hybridized carbons (Fsp3) is 0.308. The number of anilines is 1. The van der Waals surface area contributed by atoms with Crippen molar-refractivity contribution in [2.24, 2.45) is 0 Å². The van der Waals surface area contributed by atoms with Crippen LogP contribution >= 0.6 is 23.1 Å². The minimum atomic E-state index is -0.669. The first kappa shape index (κ1) is 15.7. The van der Waals surface area contributed by atoms with E-state index in [9.17, 15) is 9.18 Å². The maximum Gasteiger partial charge on any atom is 0.267 e. The van der Waals surface area contributed by atoms with Gasteiger partial charge in [-0.1, -0.05) is 30.0 Å². The summed E-state index contributed by atoms with van der Waals surface area (Å²) in [6.07, 6.45) is 1.70. The number of halogens is 1. The highest BCUT2D eigenvalue weighted by Gasteiger charge is 2.20. The summed E-state index contributed by atoms with van der Waals surface area (Å²) in [6, 6.07) is 5.55. The third kappa shape index (κ3) is 4.40. The van der Waals surface area contributed by atoms with Crippen molar-refractivity contribution in [1.82, 2.24) is 10.2 Å². The molecular formula is C13H14FN3O2S2. The fourth-order valence-corrected chi connectivity index (χ4v) is 2.70. The first-order chi connectivity index (χ1) is 10.1. The van der Waals surface area contributed by atoms with E-state index in [0.717, 1.165) is 4.34 Å². The van der Waals surface area contributed by atoms with Crippen molar-refractivity contribution < 1.29 is 13.9 Å². The van der Waals surface area contributed by atoms with Crippen molar-refractivity contribution >= 4 is 34.1 Å². The number of thioether (sulfide) groups is 1. The number of hydrogen-bond acceptors (Lipinski definition) is 6. The zero-order valence-corrected chi connectivity index (χ0v) is 13.1. The quantitative estimate of drug-likeness (QED) is 0.652. The van der Waals surface area contributed by atoms with Gasteiger partial charge in [0.15, 0.2) is 10.4 Å². The molecule has 21 heavy (non-hydrogen) atoms. The number of hydrogen-bond donors (Lipinski definition) is 1. The molecule has 0 aliphatic rings. The van der Waals surface area contributed by atoms with Gasteiger partial charge in [-0.15, -0.1) is 10.2 Å². The van der Waals surface area contributed by atoms with E-state index >= 15 is 0 Å². The van der Waals surface area contributed by atoms with Crippen LogP contribution in [0.2, 0.25) is 0 Å². The van der Waals surface area contributed by atoms with Crippen LogP contribution in [-0.4, -0.2) is 28.5 Å². The van der Waals surface area contributed by atoms with Crippen molar-refractivity contribution in [2.75, 3.05) is 11.6 Å². The van der Waals surface area contributed by atoms with E-state index in [0.29, 0.717) is 17.3 Å². The average molecular weight is 327 g/mol. The van der Waals surface area contributed by atoms with Gasteiger partial charge in [-0.05, 0) is 36.9 Å². The van der Waals surface area contributed by atoms with Gasteiger partial charge in [-0.25, -0.2) is 4.39 Å². The van der Waals surface area contributed by atoms with Gasteiger partial charge in [-0.2, -0.15) is 0 Å². The molecule has 0 saturated carbocycles. The molecule has 112 valence electrons. The van der Waals surface area contributed by atoms with Crippen LogP contribution in [0.1, 0.15) is 13.3 Å². The Bertz CT molecular complexity index is 604. The third-order valence-corrected chi connectivity index (χ3v) is 4.38. The summed E-state index contributed by atoms with van der Waals surface area (Å²) in [5.74, 6) is -0.204. The van der Waals surface area contributed by atoms with Crippen molar-refractivity contribution in [3.8, 4) is 5.75 Å². The molecule has 1 atom stereocenters. The molecule has 0 saturated heterocycles. The lowest BCUT2D eigenvalue weighted by molar-refractivity contribution is -0.122. The zero-order valence-electron chi connectivity index (χ0n) is 11.5. The highest BCUT2D eigenvalue weighted by Crippen LogP contribution is 2.23. The number of amides is 1. The number of carbonyl (C=O) groups excluding carboxylic acids is 1. The SMILES string of the molecule is CC[C@@H](Oc1ccc(F)cc1)C(=O)Nc1nnc(SC)s1. The average Bonchev–Trinajstić information content (AvgIpc) is 2.94. The Hall–Kier alpha value is -1.67. The lowest BCUT2D eigenvalue weighted by Gasteiger charge is -2.16. The minimum Gasteiger partial charge on any atom is -0.481 e. The molecule has 0 fully saturated rings. The van der Waals surface area contributed by atoms with Crippen LogP contribution < -0.4 is 10.1 Å². The summed E-state index contributed by atoms with van der Waals surface area (Å²) in [7, 11) is 0. The Balaban J connectivity index is 1.99. The van der Waals surface area contributed by atoms with Crippen LogP contribution in [-0.2, 0) is 4.79 Å². The minimum absolute atomic E-state index is 0.300. The van der Waals surface area contributed by atoms with Crippen LogP contribution in [0.4, 0.5) is 9.52 Å². The van der Waals surface area contributed by atoms with E-state index in [1.165, 1.54) is 47.4 Å².